The highest BCUT2D eigenvalue weighted by atomic mass is 16.2. The summed E-state index contributed by atoms with van der Waals surface area (Å²) in [5.74, 6) is 0.274. The summed E-state index contributed by atoms with van der Waals surface area (Å²) in [4.78, 5) is 12.7. The summed E-state index contributed by atoms with van der Waals surface area (Å²) in [5, 5.41) is 3.22. The number of hydrogen-bond acceptors (Lipinski definition) is 1. The number of carbonyl (C=O) groups is 1. The molecule has 1 aromatic rings. The smallest absolute Gasteiger partial charge is 0.230 e. The molecule has 2 nitrogen and oxygen atoms in total. The van der Waals surface area contributed by atoms with E-state index >= 15 is 0 Å². The molecule has 0 heterocycles. The second-order valence-electron chi connectivity index (χ2n) is 5.76. The van der Waals surface area contributed by atoms with E-state index in [0.29, 0.717) is 6.04 Å². The molecular formula is C16H21NO. The van der Waals surface area contributed by atoms with Crippen molar-refractivity contribution in [2.45, 2.75) is 56.4 Å². The second-order valence-corrected chi connectivity index (χ2v) is 5.76. The average molecular weight is 243 g/mol. The third-order valence-electron chi connectivity index (χ3n) is 4.38. The van der Waals surface area contributed by atoms with Crippen LogP contribution in [0, 0.1) is 0 Å². The van der Waals surface area contributed by atoms with Crippen LogP contribution >= 0.6 is 0 Å². The van der Waals surface area contributed by atoms with Crippen LogP contribution < -0.4 is 5.32 Å². The van der Waals surface area contributed by atoms with Gasteiger partial charge in [-0.25, -0.2) is 0 Å². The number of nitrogens with one attached hydrogen (secondary N) is 1. The van der Waals surface area contributed by atoms with Crippen LogP contribution in [0.1, 0.15) is 50.5 Å². The van der Waals surface area contributed by atoms with Gasteiger partial charge in [-0.3, -0.25) is 4.79 Å². The van der Waals surface area contributed by atoms with Crippen LogP contribution in [0.4, 0.5) is 0 Å². The Bertz CT molecular complexity index is 416. The quantitative estimate of drug-likeness (QED) is 0.868. The minimum Gasteiger partial charge on any atom is -0.353 e. The normalized spacial score (nSPS) is 22.4. The minimum absolute atomic E-state index is 0.248. The molecule has 0 bridgehead atoms. The van der Waals surface area contributed by atoms with Crippen molar-refractivity contribution in [2.75, 3.05) is 0 Å². The van der Waals surface area contributed by atoms with Crippen LogP contribution in [0.3, 0.4) is 0 Å². The molecule has 1 N–H and O–H groups in total. The van der Waals surface area contributed by atoms with Crippen molar-refractivity contribution in [2.24, 2.45) is 0 Å². The monoisotopic (exact) mass is 243 g/mol. The van der Waals surface area contributed by atoms with Crippen molar-refractivity contribution >= 4 is 5.91 Å². The molecule has 18 heavy (non-hydrogen) atoms. The van der Waals surface area contributed by atoms with Gasteiger partial charge < -0.3 is 5.32 Å². The Morgan fingerprint density at radius 1 is 1.06 bits per heavy atom. The molecular weight excluding hydrogens is 222 g/mol. The number of benzene rings is 1. The van der Waals surface area contributed by atoms with Gasteiger partial charge in [0.15, 0.2) is 0 Å². The zero-order valence-corrected chi connectivity index (χ0v) is 10.8. The largest absolute Gasteiger partial charge is 0.353 e. The van der Waals surface area contributed by atoms with Gasteiger partial charge in [0, 0.05) is 6.04 Å². The zero-order chi connectivity index (χ0) is 12.4. The highest BCUT2D eigenvalue weighted by Crippen LogP contribution is 2.40. The third-order valence-corrected chi connectivity index (χ3v) is 4.38. The Morgan fingerprint density at radius 3 is 2.33 bits per heavy atom. The van der Waals surface area contributed by atoms with E-state index in [1.165, 1.54) is 24.8 Å². The lowest BCUT2D eigenvalue weighted by Gasteiger charge is -2.36. The Morgan fingerprint density at radius 2 is 1.72 bits per heavy atom. The van der Waals surface area contributed by atoms with E-state index in [4.69, 9.17) is 0 Å². The molecule has 2 aliphatic rings. The van der Waals surface area contributed by atoms with Gasteiger partial charge in [0.25, 0.3) is 0 Å². The summed E-state index contributed by atoms with van der Waals surface area (Å²) < 4.78 is 0. The summed E-state index contributed by atoms with van der Waals surface area (Å²) in [6, 6.07) is 10.8. The van der Waals surface area contributed by atoms with Crippen molar-refractivity contribution in [1.29, 1.82) is 0 Å². The topological polar surface area (TPSA) is 29.1 Å². The first kappa shape index (κ1) is 11.8. The molecule has 0 saturated heterocycles. The second kappa shape index (κ2) is 4.75. The van der Waals surface area contributed by atoms with E-state index in [9.17, 15) is 4.79 Å². The lowest BCUT2D eigenvalue weighted by Crippen LogP contribution is -2.46. The first-order chi connectivity index (χ1) is 8.81. The summed E-state index contributed by atoms with van der Waals surface area (Å²) in [6.45, 7) is 0. The molecule has 96 valence electrons. The van der Waals surface area contributed by atoms with Crippen LogP contribution in [0.5, 0.6) is 0 Å². The maximum Gasteiger partial charge on any atom is 0.230 e. The fraction of sp³-hybridized carbons (Fsp3) is 0.562. The standard InChI is InChI=1S/C16H21NO/c18-15(17-14-9-10-14)16(11-5-2-6-12-16)13-7-3-1-4-8-13/h1,3-4,7-8,14H,2,5-6,9-12H2,(H,17,18). The summed E-state index contributed by atoms with van der Waals surface area (Å²) >= 11 is 0. The molecule has 0 spiro atoms. The highest BCUT2D eigenvalue weighted by molar-refractivity contribution is 5.88. The zero-order valence-electron chi connectivity index (χ0n) is 10.8. The third kappa shape index (κ3) is 2.16. The van der Waals surface area contributed by atoms with Gasteiger partial charge in [0.2, 0.25) is 5.91 Å². The predicted molar refractivity (Wildman–Crippen MR) is 72.4 cm³/mol. The molecule has 2 fully saturated rings. The first-order valence-corrected chi connectivity index (χ1v) is 7.18. The molecule has 0 aromatic heterocycles. The Labute approximate surface area is 109 Å². The Hall–Kier alpha value is -1.31. The van der Waals surface area contributed by atoms with E-state index in [1.54, 1.807) is 0 Å². The molecule has 2 heteroatoms. The maximum absolute atomic E-state index is 12.7. The van der Waals surface area contributed by atoms with Gasteiger partial charge in [-0.05, 0) is 31.2 Å². The fourth-order valence-electron chi connectivity index (χ4n) is 3.11. The molecule has 0 atom stereocenters. The summed E-state index contributed by atoms with van der Waals surface area (Å²) in [6.07, 6.45) is 7.96. The molecule has 2 saturated carbocycles. The lowest BCUT2D eigenvalue weighted by molar-refractivity contribution is -0.128. The van der Waals surface area contributed by atoms with Gasteiger partial charge in [0.05, 0.1) is 5.41 Å². The van der Waals surface area contributed by atoms with E-state index in [0.717, 1.165) is 25.7 Å². The van der Waals surface area contributed by atoms with Crippen molar-refractivity contribution in [3.05, 3.63) is 35.9 Å². The van der Waals surface area contributed by atoms with Crippen molar-refractivity contribution < 1.29 is 4.79 Å². The van der Waals surface area contributed by atoms with Gasteiger partial charge in [-0.15, -0.1) is 0 Å². The van der Waals surface area contributed by atoms with Crippen molar-refractivity contribution in [3.63, 3.8) is 0 Å². The van der Waals surface area contributed by atoms with Crippen LogP contribution in [0.2, 0.25) is 0 Å². The van der Waals surface area contributed by atoms with Crippen LogP contribution in [-0.4, -0.2) is 11.9 Å². The van der Waals surface area contributed by atoms with Gasteiger partial charge in [-0.2, -0.15) is 0 Å². The van der Waals surface area contributed by atoms with Gasteiger partial charge >= 0.3 is 0 Å². The number of hydrogen-bond donors (Lipinski definition) is 1. The maximum atomic E-state index is 12.7. The summed E-state index contributed by atoms with van der Waals surface area (Å²) in [5.41, 5.74) is 0.963. The fourth-order valence-corrected chi connectivity index (χ4v) is 3.11. The molecule has 0 radical (unpaired) electrons. The van der Waals surface area contributed by atoms with E-state index in [2.05, 4.69) is 29.6 Å². The van der Waals surface area contributed by atoms with Crippen LogP contribution in [0.15, 0.2) is 30.3 Å². The van der Waals surface area contributed by atoms with E-state index < -0.39 is 0 Å². The van der Waals surface area contributed by atoms with E-state index in [1.807, 2.05) is 6.07 Å². The Kier molecular flexibility index (Phi) is 3.11. The van der Waals surface area contributed by atoms with Crippen molar-refractivity contribution in [3.8, 4) is 0 Å². The van der Waals surface area contributed by atoms with Gasteiger partial charge in [-0.1, -0.05) is 49.6 Å². The van der Waals surface area contributed by atoms with Crippen LogP contribution in [0.25, 0.3) is 0 Å². The van der Waals surface area contributed by atoms with Gasteiger partial charge in [0.1, 0.15) is 0 Å². The lowest BCUT2D eigenvalue weighted by atomic mass is 9.68. The number of carbonyl (C=O) groups excluding carboxylic acids is 1. The molecule has 1 aromatic carbocycles. The SMILES string of the molecule is O=C(NC1CC1)C1(c2ccccc2)CCCCC1. The average Bonchev–Trinajstić information content (AvgIpc) is 3.24. The molecule has 1 amide bonds. The van der Waals surface area contributed by atoms with E-state index in [-0.39, 0.29) is 11.3 Å². The molecule has 0 aliphatic heterocycles. The van der Waals surface area contributed by atoms with Crippen LogP contribution in [-0.2, 0) is 10.2 Å². The number of rotatable bonds is 3. The minimum atomic E-state index is -0.248. The first-order valence-electron chi connectivity index (χ1n) is 7.18. The number of amides is 1. The molecule has 2 aliphatic carbocycles. The molecule has 3 rings (SSSR count). The van der Waals surface area contributed by atoms with Crippen molar-refractivity contribution in [1.82, 2.24) is 5.32 Å². The molecule has 0 unspecified atom stereocenters. The highest BCUT2D eigenvalue weighted by Gasteiger charge is 2.42. The Balaban J connectivity index is 1.89. The predicted octanol–water partition coefficient (Wildman–Crippen LogP) is 3.17. The summed E-state index contributed by atoms with van der Waals surface area (Å²) in [7, 11) is 0.